The van der Waals surface area contributed by atoms with Gasteiger partial charge in [-0.2, -0.15) is 0 Å². The number of benzene rings is 1. The number of furan rings is 1. The normalized spacial score (nSPS) is 16.5. The summed E-state index contributed by atoms with van der Waals surface area (Å²) < 4.78 is 35.8. The maximum Gasteiger partial charge on any atom is 0.363 e. The van der Waals surface area contributed by atoms with Crippen LogP contribution in [0, 0.1) is 0 Å². The number of rotatable bonds is 4. The number of carbonyl (C=O) groups is 1. The van der Waals surface area contributed by atoms with Crippen LogP contribution in [0.15, 0.2) is 62.7 Å². The van der Waals surface area contributed by atoms with Crippen molar-refractivity contribution in [2.75, 3.05) is 14.1 Å². The highest BCUT2D eigenvalue weighted by Gasteiger charge is 2.26. The molecular formula is C16H14N2O5S. The number of ether oxygens (including phenoxy) is 1. The maximum atomic E-state index is 12.2. The molecule has 24 heavy (non-hydrogen) atoms. The van der Waals surface area contributed by atoms with E-state index in [9.17, 15) is 13.2 Å². The van der Waals surface area contributed by atoms with Crippen molar-refractivity contribution < 1.29 is 22.4 Å². The Morgan fingerprint density at radius 1 is 1.17 bits per heavy atom. The Kier molecular flexibility index (Phi) is 4.08. The minimum atomic E-state index is -3.59. The van der Waals surface area contributed by atoms with Crippen LogP contribution in [0.2, 0.25) is 0 Å². The van der Waals surface area contributed by atoms with E-state index < -0.39 is 16.0 Å². The quantitative estimate of drug-likeness (QED) is 0.623. The summed E-state index contributed by atoms with van der Waals surface area (Å²) in [6, 6.07) is 9.44. The summed E-state index contributed by atoms with van der Waals surface area (Å²) in [6.45, 7) is 0. The third-order valence-corrected chi connectivity index (χ3v) is 5.11. The van der Waals surface area contributed by atoms with Gasteiger partial charge in [-0.15, -0.1) is 0 Å². The van der Waals surface area contributed by atoms with E-state index in [4.69, 9.17) is 9.15 Å². The number of nitrogens with zero attached hydrogens (tertiary/aromatic N) is 2. The average molecular weight is 346 g/mol. The number of carbonyl (C=O) groups excluding carboxylic acids is 1. The molecule has 0 aliphatic carbocycles. The molecule has 124 valence electrons. The molecule has 0 fully saturated rings. The van der Waals surface area contributed by atoms with Gasteiger partial charge in [0.25, 0.3) is 0 Å². The molecular weight excluding hydrogens is 332 g/mol. The molecule has 0 radical (unpaired) electrons. The zero-order valence-electron chi connectivity index (χ0n) is 13.0. The Labute approximate surface area is 138 Å². The van der Waals surface area contributed by atoms with E-state index in [1.54, 1.807) is 24.3 Å². The van der Waals surface area contributed by atoms with Crippen molar-refractivity contribution in [3.63, 3.8) is 0 Å². The molecule has 2 aromatic rings. The Hall–Kier alpha value is -2.71. The van der Waals surface area contributed by atoms with Gasteiger partial charge in [0, 0.05) is 25.7 Å². The van der Waals surface area contributed by atoms with Gasteiger partial charge in [0.2, 0.25) is 15.9 Å². The van der Waals surface area contributed by atoms with Crippen molar-refractivity contribution in [1.82, 2.24) is 4.31 Å². The van der Waals surface area contributed by atoms with Crippen molar-refractivity contribution >= 4 is 28.0 Å². The van der Waals surface area contributed by atoms with Crippen LogP contribution in [0.25, 0.3) is 6.08 Å². The van der Waals surface area contributed by atoms with Crippen molar-refractivity contribution in [1.29, 1.82) is 0 Å². The van der Waals surface area contributed by atoms with Gasteiger partial charge in [-0.25, -0.2) is 22.5 Å². The molecule has 0 spiro atoms. The molecule has 0 amide bonds. The lowest BCUT2D eigenvalue weighted by Crippen LogP contribution is -2.22. The van der Waals surface area contributed by atoms with Crippen molar-refractivity contribution in [3.05, 3.63) is 59.7 Å². The lowest BCUT2D eigenvalue weighted by Gasteiger charge is -2.11. The predicted molar refractivity (Wildman–Crippen MR) is 86.6 cm³/mol. The highest BCUT2D eigenvalue weighted by atomic mass is 32.2. The highest BCUT2D eigenvalue weighted by Crippen LogP contribution is 2.21. The fraction of sp³-hybridized carbons (Fsp3) is 0.125. The lowest BCUT2D eigenvalue weighted by molar-refractivity contribution is -0.129. The number of sulfonamides is 1. The number of cyclic esters (lactones) is 1. The minimum Gasteiger partial charge on any atom is -0.465 e. The molecule has 0 N–H and O–H groups in total. The second kappa shape index (κ2) is 6.06. The summed E-state index contributed by atoms with van der Waals surface area (Å²) in [5, 5.41) is 0. The molecule has 1 aliphatic rings. The average Bonchev–Trinajstić information content (AvgIpc) is 3.18. The van der Waals surface area contributed by atoms with Crippen molar-refractivity contribution in [2.24, 2.45) is 4.99 Å². The Bertz CT molecular complexity index is 941. The summed E-state index contributed by atoms with van der Waals surface area (Å²) in [5.74, 6) is -0.105. The highest BCUT2D eigenvalue weighted by molar-refractivity contribution is 7.89. The Balaban J connectivity index is 1.97. The minimum absolute atomic E-state index is 0.0496. The summed E-state index contributed by atoms with van der Waals surface area (Å²) in [7, 11) is -0.701. The first-order valence-corrected chi connectivity index (χ1v) is 8.41. The van der Waals surface area contributed by atoms with Crippen molar-refractivity contribution in [3.8, 4) is 0 Å². The van der Waals surface area contributed by atoms with Gasteiger partial charge in [0.05, 0.1) is 11.2 Å². The van der Waals surface area contributed by atoms with E-state index in [0.717, 1.165) is 4.31 Å². The molecule has 0 saturated heterocycles. The van der Waals surface area contributed by atoms with Crippen LogP contribution < -0.4 is 0 Å². The molecule has 1 aromatic heterocycles. The largest absolute Gasteiger partial charge is 0.465 e. The van der Waals surface area contributed by atoms with Crippen LogP contribution >= 0.6 is 0 Å². The SMILES string of the molecule is CN(C)S(=O)(=O)c1cccc(C2=NC(=Cc3ccco3)C(=O)O2)c1. The van der Waals surface area contributed by atoms with E-state index in [1.165, 1.54) is 38.6 Å². The first kappa shape index (κ1) is 16.2. The van der Waals surface area contributed by atoms with E-state index >= 15 is 0 Å². The molecule has 1 aliphatic heterocycles. The summed E-state index contributed by atoms with van der Waals surface area (Å²) in [4.78, 5) is 16.1. The fourth-order valence-electron chi connectivity index (χ4n) is 2.04. The van der Waals surface area contributed by atoms with Gasteiger partial charge in [-0.05, 0) is 30.3 Å². The third kappa shape index (κ3) is 3.01. The van der Waals surface area contributed by atoms with E-state index in [2.05, 4.69) is 4.99 Å². The van der Waals surface area contributed by atoms with Gasteiger partial charge in [0.1, 0.15) is 5.76 Å². The van der Waals surface area contributed by atoms with Crippen LogP contribution in [0.4, 0.5) is 0 Å². The zero-order chi connectivity index (χ0) is 17.3. The van der Waals surface area contributed by atoms with Gasteiger partial charge < -0.3 is 9.15 Å². The van der Waals surface area contributed by atoms with E-state index in [0.29, 0.717) is 11.3 Å². The van der Waals surface area contributed by atoms with Crippen LogP contribution in [-0.2, 0) is 19.6 Å². The molecule has 7 nitrogen and oxygen atoms in total. The molecule has 0 bridgehead atoms. The van der Waals surface area contributed by atoms with E-state index in [1.807, 2.05) is 0 Å². The smallest absolute Gasteiger partial charge is 0.363 e. The first-order chi connectivity index (χ1) is 11.4. The molecule has 0 saturated carbocycles. The van der Waals surface area contributed by atoms with E-state index in [-0.39, 0.29) is 16.5 Å². The third-order valence-electron chi connectivity index (χ3n) is 3.30. The van der Waals surface area contributed by atoms with Crippen LogP contribution in [0.3, 0.4) is 0 Å². The predicted octanol–water partition coefficient (Wildman–Crippen LogP) is 1.87. The second-order valence-corrected chi connectivity index (χ2v) is 7.32. The molecule has 3 rings (SSSR count). The van der Waals surface area contributed by atoms with Gasteiger partial charge in [-0.1, -0.05) is 6.07 Å². The number of hydrogen-bond donors (Lipinski definition) is 0. The number of esters is 1. The zero-order valence-corrected chi connectivity index (χ0v) is 13.8. The molecule has 8 heteroatoms. The lowest BCUT2D eigenvalue weighted by atomic mass is 10.2. The second-order valence-electron chi connectivity index (χ2n) is 5.17. The molecule has 2 heterocycles. The van der Waals surface area contributed by atoms with Crippen LogP contribution in [0.5, 0.6) is 0 Å². The van der Waals surface area contributed by atoms with Crippen LogP contribution in [0.1, 0.15) is 11.3 Å². The van der Waals surface area contributed by atoms with Gasteiger partial charge in [-0.3, -0.25) is 0 Å². The monoisotopic (exact) mass is 346 g/mol. The fourth-order valence-corrected chi connectivity index (χ4v) is 2.99. The topological polar surface area (TPSA) is 89.2 Å². The van der Waals surface area contributed by atoms with Gasteiger partial charge in [0.15, 0.2) is 5.70 Å². The summed E-state index contributed by atoms with van der Waals surface area (Å²) in [6.07, 6.45) is 2.93. The van der Waals surface area contributed by atoms with Crippen LogP contribution in [-0.4, -0.2) is 38.7 Å². The van der Waals surface area contributed by atoms with Gasteiger partial charge >= 0.3 is 5.97 Å². The standard InChI is InChI=1S/C16H14N2O5S/c1-18(2)24(20,21)13-7-3-5-11(9-13)15-17-14(16(19)23-15)10-12-6-4-8-22-12/h3-10H,1-2H3. The Morgan fingerprint density at radius 2 is 1.96 bits per heavy atom. The van der Waals surface area contributed by atoms with Crippen molar-refractivity contribution in [2.45, 2.75) is 4.90 Å². The number of aliphatic imine (C=N–C) groups is 1. The first-order valence-electron chi connectivity index (χ1n) is 6.97. The summed E-state index contributed by atoms with van der Waals surface area (Å²) >= 11 is 0. The Morgan fingerprint density at radius 3 is 2.62 bits per heavy atom. The molecule has 0 unspecified atom stereocenters. The molecule has 0 atom stereocenters. The summed E-state index contributed by atoms with van der Waals surface area (Å²) in [5.41, 5.74) is 0.481. The molecule has 1 aromatic carbocycles. The number of hydrogen-bond acceptors (Lipinski definition) is 6. The maximum absolute atomic E-state index is 12.2.